The Hall–Kier alpha value is -4.18. The fourth-order valence-electron chi connectivity index (χ4n) is 8.68. The number of anilines is 2. The number of aliphatic imine (C=N–C) groups is 2. The number of benzene rings is 4. The van der Waals surface area contributed by atoms with E-state index in [0.29, 0.717) is 12.1 Å². The third-order valence-corrected chi connectivity index (χ3v) is 12.7. The summed E-state index contributed by atoms with van der Waals surface area (Å²) in [5.41, 5.74) is 12.8. The van der Waals surface area contributed by atoms with Gasteiger partial charge in [-0.2, -0.15) is 0 Å². The van der Waals surface area contributed by atoms with Crippen molar-refractivity contribution < 1.29 is 0 Å². The van der Waals surface area contributed by atoms with Crippen LogP contribution in [0, 0.1) is 0 Å². The van der Waals surface area contributed by atoms with Gasteiger partial charge in [0.15, 0.2) is 0 Å². The molecule has 4 aromatic rings. The summed E-state index contributed by atoms with van der Waals surface area (Å²) in [5, 5.41) is 0. The van der Waals surface area contributed by atoms with Gasteiger partial charge in [-0.25, -0.2) is 0 Å². The molecular weight excluding hydrogens is 585 g/mol. The Morgan fingerprint density at radius 3 is 1.35 bits per heavy atom. The van der Waals surface area contributed by atoms with Gasteiger partial charge < -0.3 is 9.80 Å². The van der Waals surface area contributed by atoms with E-state index in [1.807, 2.05) is 12.4 Å². The normalized spacial score (nSPS) is 22.4. The van der Waals surface area contributed by atoms with E-state index in [2.05, 4.69) is 150 Å². The summed E-state index contributed by atoms with van der Waals surface area (Å²) in [6, 6.07) is 32.5. The van der Waals surface area contributed by atoms with Crippen LogP contribution in [-0.4, -0.2) is 38.6 Å². The van der Waals surface area contributed by atoms with Crippen LogP contribution in [0.1, 0.15) is 107 Å². The molecule has 1 aliphatic carbocycles. The van der Waals surface area contributed by atoms with Crippen LogP contribution in [0.25, 0.3) is 0 Å². The minimum absolute atomic E-state index is 0.0330. The topological polar surface area (TPSA) is 31.2 Å². The van der Waals surface area contributed by atoms with E-state index < -0.39 is 0 Å². The molecule has 0 radical (unpaired) electrons. The predicted octanol–water partition coefficient (Wildman–Crippen LogP) is 10.7. The van der Waals surface area contributed by atoms with E-state index in [-0.39, 0.29) is 16.2 Å². The fraction of sp³-hybridized carbons (Fsp3) is 0.409. The standard InChI is InChI=1S/C44H52N4/c1-30-42(3,4)38-26-32(12-22-40(38)47(30)7)28-45-36-18-14-34(15-19-36)44(24-10-9-11-25-44)35-16-20-37(21-17-35)46-29-33-13-23-41-39(27-33)43(5,6)31(2)48(41)8/h12-23,26-31H,9-11,24-25H2,1-8H3. The molecule has 2 heterocycles. The molecule has 3 aliphatic rings. The lowest BCUT2D eigenvalue weighted by atomic mass is 9.65. The first kappa shape index (κ1) is 32.4. The highest BCUT2D eigenvalue weighted by atomic mass is 15.2. The zero-order chi connectivity index (χ0) is 33.8. The van der Waals surface area contributed by atoms with Crippen molar-refractivity contribution in [3.05, 3.63) is 118 Å². The predicted molar refractivity (Wildman–Crippen MR) is 206 cm³/mol. The van der Waals surface area contributed by atoms with Gasteiger partial charge in [-0.1, -0.05) is 83.4 Å². The molecule has 48 heavy (non-hydrogen) atoms. The summed E-state index contributed by atoms with van der Waals surface area (Å²) in [4.78, 5) is 14.6. The van der Waals surface area contributed by atoms with Gasteiger partial charge in [0, 0.05) is 66.2 Å². The van der Waals surface area contributed by atoms with E-state index in [4.69, 9.17) is 9.98 Å². The number of hydrogen-bond donors (Lipinski definition) is 0. The van der Waals surface area contributed by atoms with Crippen molar-refractivity contribution in [1.82, 2.24) is 0 Å². The van der Waals surface area contributed by atoms with Crippen LogP contribution in [0.15, 0.2) is 94.9 Å². The number of rotatable bonds is 6. The van der Waals surface area contributed by atoms with Crippen molar-refractivity contribution in [2.24, 2.45) is 9.98 Å². The zero-order valence-corrected chi connectivity index (χ0v) is 30.2. The molecule has 4 nitrogen and oxygen atoms in total. The first-order valence-electron chi connectivity index (χ1n) is 18.0. The Labute approximate surface area is 288 Å². The number of nitrogens with zero attached hydrogens (tertiary/aromatic N) is 4. The summed E-state index contributed by atoms with van der Waals surface area (Å²) in [5.74, 6) is 0. The lowest BCUT2D eigenvalue weighted by Crippen LogP contribution is -2.36. The minimum atomic E-state index is 0.0330. The second-order valence-corrected chi connectivity index (χ2v) is 15.8. The van der Waals surface area contributed by atoms with Gasteiger partial charge in [0.05, 0.1) is 11.4 Å². The van der Waals surface area contributed by atoms with Gasteiger partial charge in [-0.3, -0.25) is 9.98 Å². The molecule has 0 saturated heterocycles. The molecule has 2 atom stereocenters. The van der Waals surface area contributed by atoms with Crippen molar-refractivity contribution >= 4 is 35.2 Å². The van der Waals surface area contributed by atoms with E-state index >= 15 is 0 Å². The molecule has 7 rings (SSSR count). The second-order valence-electron chi connectivity index (χ2n) is 15.8. The lowest BCUT2D eigenvalue weighted by molar-refractivity contribution is 0.346. The first-order chi connectivity index (χ1) is 22.9. The number of hydrogen-bond acceptors (Lipinski definition) is 4. The molecule has 4 aromatic carbocycles. The summed E-state index contributed by atoms with van der Waals surface area (Å²) < 4.78 is 0. The Bertz CT molecular complexity index is 1720. The zero-order valence-electron chi connectivity index (χ0n) is 30.2. The van der Waals surface area contributed by atoms with Crippen molar-refractivity contribution in [3.8, 4) is 0 Å². The Morgan fingerprint density at radius 1 is 0.562 bits per heavy atom. The highest BCUT2D eigenvalue weighted by Gasteiger charge is 2.41. The second kappa shape index (κ2) is 12.1. The van der Waals surface area contributed by atoms with Crippen LogP contribution in [-0.2, 0) is 16.2 Å². The molecule has 0 spiro atoms. The first-order valence-corrected chi connectivity index (χ1v) is 18.0. The molecule has 0 bridgehead atoms. The molecule has 0 N–H and O–H groups in total. The Balaban J connectivity index is 1.09. The molecule has 2 unspecified atom stereocenters. The molecule has 1 fully saturated rings. The largest absolute Gasteiger partial charge is 0.371 e. The Kier molecular flexibility index (Phi) is 8.13. The Morgan fingerprint density at radius 2 is 0.958 bits per heavy atom. The summed E-state index contributed by atoms with van der Waals surface area (Å²) in [6.07, 6.45) is 10.2. The molecule has 0 aromatic heterocycles. The van der Waals surface area contributed by atoms with Crippen LogP contribution >= 0.6 is 0 Å². The van der Waals surface area contributed by atoms with E-state index in [1.165, 1.54) is 65.7 Å². The third-order valence-electron chi connectivity index (χ3n) is 12.7. The van der Waals surface area contributed by atoms with Crippen LogP contribution < -0.4 is 9.80 Å². The molecule has 0 amide bonds. The summed E-state index contributed by atoms with van der Waals surface area (Å²) in [7, 11) is 4.40. The minimum Gasteiger partial charge on any atom is -0.371 e. The fourth-order valence-corrected chi connectivity index (χ4v) is 8.68. The van der Waals surface area contributed by atoms with E-state index in [1.54, 1.807) is 0 Å². The summed E-state index contributed by atoms with van der Waals surface area (Å²) in [6.45, 7) is 14.0. The maximum atomic E-state index is 4.90. The van der Waals surface area contributed by atoms with Gasteiger partial charge in [0.25, 0.3) is 0 Å². The van der Waals surface area contributed by atoms with E-state index in [0.717, 1.165) is 22.5 Å². The third kappa shape index (κ3) is 5.38. The maximum Gasteiger partial charge on any atom is 0.0630 e. The van der Waals surface area contributed by atoms with Crippen molar-refractivity contribution in [1.29, 1.82) is 0 Å². The van der Waals surface area contributed by atoms with Gasteiger partial charge in [0.2, 0.25) is 0 Å². The van der Waals surface area contributed by atoms with Crippen molar-refractivity contribution in [2.45, 2.75) is 102 Å². The summed E-state index contributed by atoms with van der Waals surface area (Å²) >= 11 is 0. The lowest BCUT2D eigenvalue weighted by Gasteiger charge is -2.38. The van der Waals surface area contributed by atoms with Crippen LogP contribution in [0.4, 0.5) is 22.7 Å². The molecular formula is C44H52N4. The highest BCUT2D eigenvalue weighted by molar-refractivity contribution is 5.85. The van der Waals surface area contributed by atoms with Crippen LogP contribution in [0.5, 0.6) is 0 Å². The molecule has 2 aliphatic heterocycles. The average molecular weight is 637 g/mol. The van der Waals surface area contributed by atoms with Gasteiger partial charge in [-0.05, 0) is 109 Å². The smallest absolute Gasteiger partial charge is 0.0630 e. The van der Waals surface area contributed by atoms with E-state index in [9.17, 15) is 0 Å². The quantitative estimate of drug-likeness (QED) is 0.197. The van der Waals surface area contributed by atoms with Gasteiger partial charge in [-0.15, -0.1) is 0 Å². The van der Waals surface area contributed by atoms with Crippen molar-refractivity contribution in [3.63, 3.8) is 0 Å². The SMILES string of the molecule is CC1N(C)c2ccc(C=Nc3ccc(C4(c5ccc(N=Cc6ccc7c(c6)C(C)(C)C(C)N7C)cc5)CCCCC4)cc3)cc2C1(C)C. The number of likely N-dealkylation sites (N-methyl/N-ethyl adjacent to an activating group) is 2. The number of fused-ring (bicyclic) bond motifs is 2. The highest BCUT2D eigenvalue weighted by Crippen LogP contribution is 2.47. The van der Waals surface area contributed by atoms with Gasteiger partial charge in [0.1, 0.15) is 0 Å². The van der Waals surface area contributed by atoms with Crippen LogP contribution in [0.2, 0.25) is 0 Å². The molecule has 248 valence electrons. The average Bonchev–Trinajstić information content (AvgIpc) is 3.39. The maximum absolute atomic E-state index is 4.90. The van der Waals surface area contributed by atoms with Gasteiger partial charge >= 0.3 is 0 Å². The van der Waals surface area contributed by atoms with Crippen LogP contribution in [0.3, 0.4) is 0 Å². The molecule has 4 heteroatoms. The monoisotopic (exact) mass is 636 g/mol. The van der Waals surface area contributed by atoms with Crippen molar-refractivity contribution in [2.75, 3.05) is 23.9 Å². The molecule has 1 saturated carbocycles.